The monoisotopic (exact) mass is 2090 g/mol. The predicted octanol–water partition coefficient (Wildman–Crippen LogP) is -25.1. The van der Waals surface area contributed by atoms with E-state index in [4.69, 9.17) is 99.5 Å². The third-order valence-corrected chi connectivity index (χ3v) is 26.0. The zero-order chi connectivity index (χ0) is 106. The summed E-state index contributed by atoms with van der Waals surface area (Å²) < 4.78 is 125. The molecule has 826 valence electrons. The fourth-order valence-electron chi connectivity index (χ4n) is 18.3. The maximum atomic E-state index is 13.4. The van der Waals surface area contributed by atoms with Crippen LogP contribution in [0.3, 0.4) is 0 Å². The molecule has 11 saturated heterocycles. The molecule has 143 heavy (non-hydrogen) atoms. The van der Waals surface area contributed by atoms with Gasteiger partial charge in [0.25, 0.3) is 5.79 Å². The molecule has 5 amide bonds. The average Bonchev–Trinajstić information content (AvgIpc) is 0.769. The Labute approximate surface area is 808 Å². The summed E-state index contributed by atoms with van der Waals surface area (Å²) >= 11 is 0. The molecule has 64 heteroatoms. The Balaban J connectivity index is 0.907. The van der Waals surface area contributed by atoms with Crippen LogP contribution in [0.5, 0.6) is 0 Å². The number of amides is 5. The molecule has 1 unspecified atom stereocenters. The van der Waals surface area contributed by atoms with E-state index in [0.29, 0.717) is 0 Å². The molecule has 0 aromatic heterocycles. The number of carboxylic acid groups (broad SMARTS) is 1. The van der Waals surface area contributed by atoms with Crippen LogP contribution in [0.25, 0.3) is 0 Å². The smallest absolute Gasteiger partial charge is 0.364 e. The van der Waals surface area contributed by atoms with Crippen LogP contribution in [0, 0.1) is 0 Å². The Morgan fingerprint density at radius 3 is 1.08 bits per heavy atom. The highest BCUT2D eigenvalue weighted by Gasteiger charge is 2.64. The molecule has 0 bridgehead atoms. The second-order valence-electron chi connectivity index (χ2n) is 36.0. The second kappa shape index (κ2) is 51.2. The minimum absolute atomic E-state index is 0.840. The van der Waals surface area contributed by atoms with Crippen LogP contribution >= 0.6 is 0 Å². The van der Waals surface area contributed by atoms with E-state index in [0.717, 1.165) is 27.7 Å². The molecule has 64 nitrogen and oxygen atoms in total. The fraction of sp³-hybridized carbons (Fsp3) is 0.924. The third kappa shape index (κ3) is 26.4. The molecular formula is C79H131N5O59. The number of carbonyl (C=O) groups excluding carboxylic acids is 5. The molecule has 0 saturated carbocycles. The van der Waals surface area contributed by atoms with E-state index in [1.54, 1.807) is 0 Å². The lowest BCUT2D eigenvalue weighted by Gasteiger charge is -2.51. The zero-order valence-electron chi connectivity index (χ0n) is 76.6. The van der Waals surface area contributed by atoms with Gasteiger partial charge in [-0.3, -0.25) is 24.0 Å². The van der Waals surface area contributed by atoms with Crippen molar-refractivity contribution in [3.05, 3.63) is 0 Å². The summed E-state index contributed by atoms with van der Waals surface area (Å²) in [7, 11) is 0. The van der Waals surface area contributed by atoms with E-state index >= 15 is 0 Å². The number of ether oxygens (including phenoxy) is 21. The first-order valence-corrected chi connectivity index (χ1v) is 45.3. The van der Waals surface area contributed by atoms with Gasteiger partial charge in [0.05, 0.1) is 84.3 Å². The van der Waals surface area contributed by atoms with Crippen molar-refractivity contribution in [3.8, 4) is 0 Å². The lowest BCUT2D eigenvalue weighted by molar-refractivity contribution is -0.399. The highest BCUT2D eigenvalue weighted by Crippen LogP contribution is 2.43. The van der Waals surface area contributed by atoms with Gasteiger partial charge in [0, 0.05) is 34.1 Å². The van der Waals surface area contributed by atoms with Crippen LogP contribution < -0.4 is 26.6 Å². The summed E-state index contributed by atoms with van der Waals surface area (Å²) in [5.74, 6) is -10.5. The SMILES string of the molecule is CC(=O)N[C@H]1[C@H](O[C@H]2[C@H](O)[C@@H](NC(C)=O)C(O)O[C@@H]2CO[C@@H]2O[C@@H](C)[C@@H](O)[C@@H](O)[C@@H]2O)O[C@H](CO)[C@@H](O[C@@H]2O[C@H](CO[C@H]3O[C@H](CO)[C@@H](O)[C@H](O)[C@@H]3O[C@@H]3O[C@H](CO)[C@@H](O[C@@H]4O[C@H](CO)[C@H](O)[C@H](O)[C@H]4O)[C@H](O)[C@H]3NC(C)=O)[C@@H](O)[C@H](O[C@H]3O[C@H](CO)[C@@H](O)[C@H](O)[C@@H]3O[C@@H]3O[C@H](CO)[C@@H](O[C@@H]4O[C@H](CO[C@]5(C(=O)O)C[C@H](O)[C@@H](NC(=O)CO)[C@H]([C@H](O)[C@H](O)CO)O5)[C@H](O)[C@H](O)[C@H]4O)[C@H](O)[C@H]3NC(C)=O)[C@@H]2O)[C@@H]1O. The Kier molecular flexibility index (Phi) is 42.3. The molecule has 0 aromatic carbocycles. The van der Waals surface area contributed by atoms with E-state index in [1.807, 2.05) is 0 Å². The van der Waals surface area contributed by atoms with Crippen LogP contribution in [-0.2, 0) is 128 Å². The minimum Gasteiger partial charge on any atom is -0.477 e. The summed E-state index contributed by atoms with van der Waals surface area (Å²) in [5.41, 5.74) is 0. The van der Waals surface area contributed by atoms with Crippen LogP contribution in [0.1, 0.15) is 41.0 Å². The molecule has 56 atom stereocenters. The number of hydrogen-bond acceptors (Lipinski definition) is 58. The summed E-state index contributed by atoms with van der Waals surface area (Å²) in [4.78, 5) is 77.6. The van der Waals surface area contributed by atoms with Crippen LogP contribution in [0.2, 0.25) is 0 Å². The zero-order valence-corrected chi connectivity index (χ0v) is 76.6. The van der Waals surface area contributed by atoms with Crippen molar-refractivity contribution < 1.29 is 292 Å². The van der Waals surface area contributed by atoms with Gasteiger partial charge in [-0.15, -0.1) is 0 Å². The van der Waals surface area contributed by atoms with Crippen LogP contribution in [0.4, 0.5) is 0 Å². The second-order valence-corrected chi connectivity index (χ2v) is 36.0. The van der Waals surface area contributed by atoms with Gasteiger partial charge >= 0.3 is 5.97 Å². The number of carboxylic acids is 1. The van der Waals surface area contributed by atoms with Crippen molar-refractivity contribution in [2.24, 2.45) is 0 Å². The van der Waals surface area contributed by atoms with Gasteiger partial charge in [0.1, 0.15) is 263 Å². The van der Waals surface area contributed by atoms with E-state index in [-0.39, 0.29) is 0 Å². The van der Waals surface area contributed by atoms with Crippen molar-refractivity contribution in [2.75, 3.05) is 72.7 Å². The van der Waals surface area contributed by atoms with Gasteiger partial charge in [-0.1, -0.05) is 0 Å². The van der Waals surface area contributed by atoms with Gasteiger partial charge in [0.15, 0.2) is 62.9 Å². The van der Waals surface area contributed by atoms with Gasteiger partial charge < -0.3 is 289 Å². The van der Waals surface area contributed by atoms with Gasteiger partial charge in [0.2, 0.25) is 29.5 Å². The summed E-state index contributed by atoms with van der Waals surface area (Å²) in [6, 6.07) is -9.89. The Morgan fingerprint density at radius 1 is 0.315 bits per heavy atom. The maximum Gasteiger partial charge on any atom is 0.364 e. The molecule has 11 fully saturated rings. The molecule has 37 N–H and O–H groups in total. The van der Waals surface area contributed by atoms with Gasteiger partial charge in [-0.05, 0) is 6.92 Å². The first kappa shape index (κ1) is 118. The molecule has 11 aliphatic rings. The molecule has 11 rings (SSSR count). The maximum absolute atomic E-state index is 13.4. The van der Waals surface area contributed by atoms with E-state index < -0.39 is 458 Å². The number of rotatable bonds is 39. The van der Waals surface area contributed by atoms with Crippen molar-refractivity contribution in [1.29, 1.82) is 0 Å². The normalized spacial score (nSPS) is 47.8. The topological polar surface area (TPSA) is 1000 Å². The molecule has 0 radical (unpaired) electrons. The Hall–Kier alpha value is -5.26. The quantitative estimate of drug-likeness (QED) is 0.0272. The fourth-order valence-corrected chi connectivity index (χ4v) is 18.3. The predicted molar refractivity (Wildman–Crippen MR) is 438 cm³/mol. The Morgan fingerprint density at radius 2 is 0.650 bits per heavy atom. The lowest BCUT2D eigenvalue weighted by atomic mass is 9.88. The van der Waals surface area contributed by atoms with E-state index in [2.05, 4.69) is 26.6 Å². The van der Waals surface area contributed by atoms with Crippen LogP contribution in [-0.4, -0.2) is 615 Å². The third-order valence-electron chi connectivity index (χ3n) is 26.0. The number of hydrogen-bond donors (Lipinski definition) is 37. The lowest BCUT2D eigenvalue weighted by Crippen LogP contribution is -2.71. The molecule has 0 aromatic rings. The number of aliphatic hydroxyl groups excluding tert-OH is 31. The molecule has 11 aliphatic heterocycles. The van der Waals surface area contributed by atoms with Crippen molar-refractivity contribution in [1.82, 2.24) is 26.6 Å². The first-order valence-electron chi connectivity index (χ1n) is 45.3. The minimum atomic E-state index is -3.19. The summed E-state index contributed by atoms with van der Waals surface area (Å²) in [5, 5.41) is 369. The van der Waals surface area contributed by atoms with Gasteiger partial charge in [-0.2, -0.15) is 0 Å². The van der Waals surface area contributed by atoms with Crippen LogP contribution in [0.15, 0.2) is 0 Å². The number of aliphatic hydroxyl groups is 31. The van der Waals surface area contributed by atoms with E-state index in [1.165, 1.54) is 6.92 Å². The number of carbonyl (C=O) groups is 6. The molecular weight excluding hydrogens is 1960 g/mol. The molecule has 0 spiro atoms. The highest BCUT2D eigenvalue weighted by atomic mass is 16.8. The number of aliphatic carboxylic acids is 1. The van der Waals surface area contributed by atoms with E-state index in [9.17, 15) is 192 Å². The average molecular weight is 2090 g/mol. The summed E-state index contributed by atoms with van der Waals surface area (Å²) in [6.45, 7) is -8.34. The van der Waals surface area contributed by atoms with Crippen molar-refractivity contribution >= 4 is 35.5 Å². The first-order chi connectivity index (χ1) is 67.5. The van der Waals surface area contributed by atoms with Gasteiger partial charge in [-0.25, -0.2) is 4.79 Å². The standard InChI is InChI=1S/C79H131N5O59/c1-18-40(100)51(111)56(116)72(126-18)123-16-33-63(47(107)36(68(120)127-33)80-19(2)93)136-69-37(81-20(3)94)48(108)62(30(13-91)131-69)139-75-59(119)65(46(106)31(134-75)15-124-76-66(54(114)43(103)26(9-87)129-76)141-70-38(82-21(4)95)49(109)60(28(11-89)132-70)137-73-57(117)52(112)42(102)25(8-86)128-73)140-77-67(55(115)44(104)27(10-88)130-77)142-71-39(83-22(5)96)50(110)61(29(12-90)133-71)138-74-58(118)53(113)45(105)32(135-74)17-125-79(78(121)122)6-23(97)35(84-34(99)14-92)64(143-79)41(101)24(98)7-85/h18,23-33,35-77,85-92,97-98,100-120H,6-17H2,1-5H3,(H,80,93)(H,81,94)(H,82,95)(H,83,96)(H,84,99)(H,121,122)/t18-,23-,24+,25+,26+,27+,28+,29+,30+,31+,32+,33+,35+,36+,37+,38+,39+,40+,41+,42-,43+,44+,45-,46+,47+,48+,49+,50+,51+,52-,53-,54-,55-,56-,57+,58+,59-,60+,61+,62+,63+,64+,65-,66-,67-,68?,69-,70-,71-,72+,73-,74-,75-,76-,77+,79+/m0/s1. The highest BCUT2D eigenvalue weighted by molar-refractivity contribution is 5.78. The van der Waals surface area contributed by atoms with Crippen molar-refractivity contribution in [2.45, 2.75) is 384 Å². The molecule has 11 heterocycles. The number of nitrogens with one attached hydrogen (secondary N) is 5. The molecule has 0 aliphatic carbocycles. The summed E-state index contributed by atoms with van der Waals surface area (Å²) in [6.07, 6.45) is -110. The largest absolute Gasteiger partial charge is 0.477 e. The van der Waals surface area contributed by atoms with Crippen molar-refractivity contribution in [3.63, 3.8) is 0 Å². The Bertz CT molecular complexity index is 4030.